The van der Waals surface area contributed by atoms with E-state index in [2.05, 4.69) is 108 Å². The predicted molar refractivity (Wildman–Crippen MR) is 132 cm³/mol. The molecular formula is C23H41BrO3Si2. The van der Waals surface area contributed by atoms with E-state index in [0.29, 0.717) is 6.61 Å². The van der Waals surface area contributed by atoms with E-state index in [1.54, 1.807) is 0 Å². The Bertz CT molecular complexity index is 675. The first-order chi connectivity index (χ1) is 13.0. The quantitative estimate of drug-likeness (QED) is 0.374. The highest BCUT2D eigenvalue weighted by Gasteiger charge is 2.46. The molecule has 3 nitrogen and oxygen atoms in total. The molecule has 1 aromatic carbocycles. The third-order valence-electron chi connectivity index (χ3n) is 7.11. The van der Waals surface area contributed by atoms with Gasteiger partial charge in [0.25, 0.3) is 0 Å². The first-order valence-corrected chi connectivity index (χ1v) is 17.4. The highest BCUT2D eigenvalue weighted by molar-refractivity contribution is 9.10. The van der Waals surface area contributed by atoms with Crippen LogP contribution in [0.25, 0.3) is 0 Å². The topological polar surface area (TPSA) is 27.7 Å². The minimum absolute atomic E-state index is 0.0214. The van der Waals surface area contributed by atoms with E-state index in [0.717, 1.165) is 10.9 Å². The van der Waals surface area contributed by atoms with Gasteiger partial charge in [0, 0.05) is 10.9 Å². The second-order valence-electron chi connectivity index (χ2n) is 11.4. The van der Waals surface area contributed by atoms with Gasteiger partial charge < -0.3 is 13.6 Å². The van der Waals surface area contributed by atoms with E-state index in [1.165, 1.54) is 5.56 Å². The third-order valence-corrected chi connectivity index (χ3v) is 16.6. The van der Waals surface area contributed by atoms with Crippen molar-refractivity contribution in [3.05, 3.63) is 34.3 Å². The standard InChI is InChI=1S/C23H41BrO3Si2/c1-22(2,3)28(7,8)25-16-21-20(27-29(9,10)23(4,5)6)15-19(26-21)17-11-13-18(24)14-12-17/h11-14,19-21H,15-16H2,1-10H3/t19-,20+,21-/m1/s1. The average molecular weight is 502 g/mol. The normalized spacial score (nSPS) is 24.2. The molecule has 0 bridgehead atoms. The fraction of sp³-hybridized carbons (Fsp3) is 0.739. The van der Waals surface area contributed by atoms with Gasteiger partial charge in [-0.25, -0.2) is 0 Å². The zero-order valence-corrected chi connectivity index (χ0v) is 23.6. The minimum Gasteiger partial charge on any atom is -0.414 e. The summed E-state index contributed by atoms with van der Waals surface area (Å²) in [5, 5.41) is 0.361. The van der Waals surface area contributed by atoms with E-state index in [9.17, 15) is 0 Å². The second-order valence-corrected chi connectivity index (χ2v) is 21.9. The SMILES string of the molecule is CC(C)(C)[Si](C)(C)OC[C@H]1O[C@@H](c2ccc(Br)cc2)C[C@@H]1O[Si](C)(C)C(C)(C)C. The van der Waals surface area contributed by atoms with Crippen molar-refractivity contribution < 1.29 is 13.6 Å². The molecule has 1 saturated heterocycles. The molecule has 3 atom stereocenters. The van der Waals surface area contributed by atoms with Gasteiger partial charge in [-0.15, -0.1) is 0 Å². The van der Waals surface area contributed by atoms with Crippen LogP contribution in [0.4, 0.5) is 0 Å². The molecule has 1 fully saturated rings. The maximum absolute atomic E-state index is 6.84. The van der Waals surface area contributed by atoms with Crippen LogP contribution < -0.4 is 0 Å². The lowest BCUT2D eigenvalue weighted by atomic mass is 10.1. The van der Waals surface area contributed by atoms with Gasteiger partial charge in [-0.2, -0.15) is 0 Å². The molecule has 1 aliphatic rings. The molecule has 6 heteroatoms. The monoisotopic (exact) mass is 500 g/mol. The van der Waals surface area contributed by atoms with Gasteiger partial charge in [0.15, 0.2) is 16.6 Å². The van der Waals surface area contributed by atoms with Crippen molar-refractivity contribution in [1.82, 2.24) is 0 Å². The lowest BCUT2D eigenvalue weighted by Crippen LogP contribution is -2.48. The van der Waals surface area contributed by atoms with Gasteiger partial charge in [-0.05, 0) is 54.0 Å². The molecule has 2 rings (SSSR count). The fourth-order valence-electron chi connectivity index (χ4n) is 2.94. The highest BCUT2D eigenvalue weighted by atomic mass is 79.9. The van der Waals surface area contributed by atoms with Crippen LogP contribution in [-0.4, -0.2) is 35.4 Å². The van der Waals surface area contributed by atoms with E-state index in [-0.39, 0.29) is 28.4 Å². The summed E-state index contributed by atoms with van der Waals surface area (Å²) in [5.74, 6) is 0. The molecule has 0 aromatic heterocycles. The Kier molecular flexibility index (Phi) is 7.73. The molecule has 0 amide bonds. The van der Waals surface area contributed by atoms with Gasteiger partial charge in [0.05, 0.1) is 18.8 Å². The Morgan fingerprint density at radius 3 is 1.93 bits per heavy atom. The Morgan fingerprint density at radius 1 is 0.931 bits per heavy atom. The van der Waals surface area contributed by atoms with Crippen LogP contribution in [0.1, 0.15) is 59.6 Å². The van der Waals surface area contributed by atoms with Crippen molar-refractivity contribution in [1.29, 1.82) is 0 Å². The van der Waals surface area contributed by atoms with Gasteiger partial charge in [0.1, 0.15) is 6.10 Å². The predicted octanol–water partition coefficient (Wildman–Crippen LogP) is 7.69. The van der Waals surface area contributed by atoms with Crippen molar-refractivity contribution in [3.63, 3.8) is 0 Å². The van der Waals surface area contributed by atoms with E-state index in [1.807, 2.05) is 0 Å². The van der Waals surface area contributed by atoms with Crippen LogP contribution in [0.5, 0.6) is 0 Å². The van der Waals surface area contributed by atoms with Crippen LogP contribution in [-0.2, 0) is 13.6 Å². The Hall–Kier alpha value is 0.0138. The fourth-order valence-corrected chi connectivity index (χ4v) is 5.58. The molecule has 1 aliphatic heterocycles. The summed E-state index contributed by atoms with van der Waals surface area (Å²) >= 11 is 3.53. The summed E-state index contributed by atoms with van der Waals surface area (Å²) in [6, 6.07) is 8.47. The summed E-state index contributed by atoms with van der Waals surface area (Å²) in [6.07, 6.45) is 1.01. The smallest absolute Gasteiger partial charge is 0.192 e. The summed E-state index contributed by atoms with van der Waals surface area (Å²) in [5.41, 5.74) is 1.21. The summed E-state index contributed by atoms with van der Waals surface area (Å²) in [4.78, 5) is 0. The zero-order chi connectivity index (χ0) is 22.3. The summed E-state index contributed by atoms with van der Waals surface area (Å²) < 4.78 is 21.0. The lowest BCUT2D eigenvalue weighted by Gasteiger charge is -2.40. The van der Waals surface area contributed by atoms with Gasteiger partial charge in [-0.1, -0.05) is 69.6 Å². The van der Waals surface area contributed by atoms with Crippen molar-refractivity contribution >= 4 is 32.6 Å². The third kappa shape index (κ3) is 6.26. The van der Waals surface area contributed by atoms with Crippen LogP contribution in [0.15, 0.2) is 28.7 Å². The Morgan fingerprint density at radius 2 is 1.45 bits per heavy atom. The molecule has 1 heterocycles. The van der Waals surface area contributed by atoms with Crippen LogP contribution in [0.2, 0.25) is 36.3 Å². The van der Waals surface area contributed by atoms with E-state index in [4.69, 9.17) is 13.6 Å². The molecule has 0 saturated carbocycles. The largest absolute Gasteiger partial charge is 0.414 e. The molecular weight excluding hydrogens is 460 g/mol. The number of hydrogen-bond donors (Lipinski definition) is 0. The maximum atomic E-state index is 6.84. The molecule has 0 unspecified atom stereocenters. The van der Waals surface area contributed by atoms with Crippen molar-refractivity contribution in [3.8, 4) is 0 Å². The van der Waals surface area contributed by atoms with Gasteiger partial charge >= 0.3 is 0 Å². The maximum Gasteiger partial charge on any atom is 0.192 e. The second kappa shape index (κ2) is 8.87. The number of benzene rings is 1. The van der Waals surface area contributed by atoms with Crippen molar-refractivity contribution in [2.24, 2.45) is 0 Å². The summed E-state index contributed by atoms with van der Waals surface area (Å²) in [6.45, 7) is 23.6. The highest BCUT2D eigenvalue weighted by Crippen LogP contribution is 2.43. The van der Waals surface area contributed by atoms with Gasteiger partial charge in [-0.3, -0.25) is 0 Å². The molecule has 0 aliphatic carbocycles. The summed E-state index contributed by atoms with van der Waals surface area (Å²) in [7, 11) is -3.73. The van der Waals surface area contributed by atoms with Crippen molar-refractivity contribution in [2.45, 2.75) is 103 Å². The molecule has 166 valence electrons. The molecule has 29 heavy (non-hydrogen) atoms. The van der Waals surface area contributed by atoms with E-state index < -0.39 is 16.6 Å². The number of halogens is 1. The molecule has 1 aromatic rings. The van der Waals surface area contributed by atoms with E-state index >= 15 is 0 Å². The number of hydrogen-bond acceptors (Lipinski definition) is 3. The first-order valence-electron chi connectivity index (χ1n) is 10.8. The number of rotatable bonds is 6. The average Bonchev–Trinajstić information content (AvgIpc) is 2.93. The lowest BCUT2D eigenvalue weighted by molar-refractivity contribution is -0.0164. The number of ether oxygens (including phenoxy) is 1. The van der Waals surface area contributed by atoms with Gasteiger partial charge in [0.2, 0.25) is 0 Å². The van der Waals surface area contributed by atoms with Crippen LogP contribution in [0, 0.1) is 0 Å². The van der Waals surface area contributed by atoms with Crippen LogP contribution >= 0.6 is 15.9 Å². The minimum atomic E-state index is -1.89. The van der Waals surface area contributed by atoms with Crippen LogP contribution in [0.3, 0.4) is 0 Å². The molecule has 0 radical (unpaired) electrons. The Balaban J connectivity index is 2.20. The Labute approximate surface area is 189 Å². The first kappa shape index (κ1) is 25.3. The zero-order valence-electron chi connectivity index (χ0n) is 20.1. The molecule has 0 N–H and O–H groups in total. The molecule has 0 spiro atoms. The van der Waals surface area contributed by atoms with Crippen molar-refractivity contribution in [2.75, 3.05) is 6.61 Å².